The fourth-order valence-electron chi connectivity index (χ4n) is 3.74. The summed E-state index contributed by atoms with van der Waals surface area (Å²) in [5.41, 5.74) is 3.45. The monoisotopic (exact) mass is 365 g/mol. The highest BCUT2D eigenvalue weighted by Gasteiger charge is 2.22. The van der Waals surface area contributed by atoms with Crippen molar-refractivity contribution < 1.29 is 8.81 Å². The van der Waals surface area contributed by atoms with Crippen LogP contribution in [0, 0.1) is 18.7 Å². The zero-order valence-corrected chi connectivity index (χ0v) is 15.6. The smallest absolute Gasteiger partial charge is 0.247 e. The standard InChI is InChI=1S/C22H24FN3O/c1-16-4-6-17(7-5-16)13-18-3-2-12-26(14-18)15-21-24-25-22(27-21)19-8-10-20(23)11-9-19/h4-11,18H,2-3,12-15H2,1H3/t18-/m1/s1. The molecule has 0 spiro atoms. The molecule has 4 nitrogen and oxygen atoms in total. The molecule has 5 heteroatoms. The first kappa shape index (κ1) is 17.9. The number of rotatable bonds is 5. The Balaban J connectivity index is 1.36. The molecule has 1 fully saturated rings. The minimum atomic E-state index is -0.272. The first-order valence-corrected chi connectivity index (χ1v) is 9.52. The highest BCUT2D eigenvalue weighted by atomic mass is 19.1. The molecule has 1 atom stereocenters. The van der Waals surface area contributed by atoms with Crippen LogP contribution in [0.5, 0.6) is 0 Å². The van der Waals surface area contributed by atoms with Crippen LogP contribution >= 0.6 is 0 Å². The lowest BCUT2D eigenvalue weighted by Crippen LogP contribution is -2.35. The van der Waals surface area contributed by atoms with Crippen molar-refractivity contribution in [1.29, 1.82) is 0 Å². The summed E-state index contributed by atoms with van der Waals surface area (Å²) < 4.78 is 18.8. The number of halogens is 1. The first-order chi connectivity index (χ1) is 13.2. The van der Waals surface area contributed by atoms with Crippen molar-refractivity contribution in [2.24, 2.45) is 5.92 Å². The van der Waals surface area contributed by atoms with Crippen LogP contribution in [0.1, 0.15) is 29.9 Å². The molecule has 1 aliphatic rings. The molecule has 2 heterocycles. The Bertz CT molecular complexity index is 873. The van der Waals surface area contributed by atoms with Gasteiger partial charge < -0.3 is 4.42 Å². The summed E-state index contributed by atoms with van der Waals surface area (Å²) in [6.45, 7) is 4.89. The highest BCUT2D eigenvalue weighted by Crippen LogP contribution is 2.23. The maximum atomic E-state index is 13.1. The molecule has 140 valence electrons. The van der Waals surface area contributed by atoms with Gasteiger partial charge in [-0.25, -0.2) is 4.39 Å². The number of benzene rings is 2. The summed E-state index contributed by atoms with van der Waals surface area (Å²) in [6, 6.07) is 15.0. The molecule has 0 saturated carbocycles. The lowest BCUT2D eigenvalue weighted by atomic mass is 9.91. The molecule has 0 amide bonds. The molecule has 1 saturated heterocycles. The second-order valence-corrected chi connectivity index (χ2v) is 7.44. The van der Waals surface area contributed by atoms with Gasteiger partial charge in [-0.05, 0) is 68.5 Å². The topological polar surface area (TPSA) is 42.2 Å². The number of nitrogens with zero attached hydrogens (tertiary/aromatic N) is 3. The summed E-state index contributed by atoms with van der Waals surface area (Å²) in [5.74, 6) is 1.44. The Labute approximate surface area is 159 Å². The predicted octanol–water partition coefficient (Wildman–Crippen LogP) is 4.64. The van der Waals surface area contributed by atoms with Crippen molar-refractivity contribution >= 4 is 0 Å². The summed E-state index contributed by atoms with van der Waals surface area (Å²) in [4.78, 5) is 2.39. The highest BCUT2D eigenvalue weighted by molar-refractivity contribution is 5.51. The van der Waals surface area contributed by atoms with Crippen molar-refractivity contribution in [2.45, 2.75) is 32.7 Å². The maximum absolute atomic E-state index is 13.1. The van der Waals surface area contributed by atoms with E-state index in [1.807, 2.05) is 0 Å². The van der Waals surface area contributed by atoms with Crippen LogP contribution in [-0.2, 0) is 13.0 Å². The Kier molecular flexibility index (Phi) is 5.30. The fraction of sp³-hybridized carbons (Fsp3) is 0.364. The zero-order chi connectivity index (χ0) is 18.6. The second-order valence-electron chi connectivity index (χ2n) is 7.44. The molecular weight excluding hydrogens is 341 g/mol. The predicted molar refractivity (Wildman–Crippen MR) is 103 cm³/mol. The van der Waals surface area contributed by atoms with Gasteiger partial charge in [0, 0.05) is 12.1 Å². The van der Waals surface area contributed by atoms with Crippen molar-refractivity contribution in [3.8, 4) is 11.5 Å². The maximum Gasteiger partial charge on any atom is 0.247 e. The molecule has 27 heavy (non-hydrogen) atoms. The van der Waals surface area contributed by atoms with E-state index in [2.05, 4.69) is 46.3 Å². The average Bonchev–Trinajstić information content (AvgIpc) is 3.13. The number of hydrogen-bond donors (Lipinski definition) is 0. The molecular formula is C22H24FN3O. The van der Waals surface area contributed by atoms with E-state index in [1.165, 1.54) is 36.1 Å². The third-order valence-electron chi connectivity index (χ3n) is 5.16. The van der Waals surface area contributed by atoms with Crippen molar-refractivity contribution in [3.63, 3.8) is 0 Å². The summed E-state index contributed by atoms with van der Waals surface area (Å²) in [5, 5.41) is 8.29. The van der Waals surface area contributed by atoms with Crippen molar-refractivity contribution in [2.75, 3.05) is 13.1 Å². The van der Waals surface area contributed by atoms with E-state index in [-0.39, 0.29) is 5.82 Å². The normalized spacial score (nSPS) is 17.9. The van der Waals surface area contributed by atoms with Gasteiger partial charge in [0.1, 0.15) is 5.82 Å². The number of aryl methyl sites for hydroxylation is 1. The zero-order valence-electron chi connectivity index (χ0n) is 15.6. The van der Waals surface area contributed by atoms with E-state index in [0.717, 1.165) is 25.1 Å². The van der Waals surface area contributed by atoms with E-state index in [9.17, 15) is 4.39 Å². The second kappa shape index (κ2) is 8.01. The lowest BCUT2D eigenvalue weighted by molar-refractivity contribution is 0.154. The summed E-state index contributed by atoms with van der Waals surface area (Å²) in [6.07, 6.45) is 3.56. The first-order valence-electron chi connectivity index (χ1n) is 9.52. The van der Waals surface area contributed by atoms with Gasteiger partial charge in [0.25, 0.3) is 0 Å². The van der Waals surface area contributed by atoms with Crippen molar-refractivity contribution in [3.05, 3.63) is 71.4 Å². The Morgan fingerprint density at radius 3 is 2.63 bits per heavy atom. The molecule has 0 aliphatic carbocycles. The number of piperidine rings is 1. The molecule has 0 N–H and O–H groups in total. The van der Waals surface area contributed by atoms with Gasteiger partial charge in [-0.1, -0.05) is 29.8 Å². The number of aromatic nitrogens is 2. The molecule has 0 radical (unpaired) electrons. The molecule has 0 bridgehead atoms. The molecule has 1 aromatic heterocycles. The van der Waals surface area contributed by atoms with Crippen LogP contribution in [0.4, 0.5) is 4.39 Å². The molecule has 2 aromatic carbocycles. The van der Waals surface area contributed by atoms with E-state index >= 15 is 0 Å². The van der Waals surface area contributed by atoms with Crippen LogP contribution in [0.15, 0.2) is 52.9 Å². The SMILES string of the molecule is Cc1ccc(C[C@H]2CCCN(Cc3nnc(-c4ccc(F)cc4)o3)C2)cc1. The van der Waals surface area contributed by atoms with Crippen LogP contribution in [0.25, 0.3) is 11.5 Å². The minimum absolute atomic E-state index is 0.272. The van der Waals surface area contributed by atoms with Gasteiger partial charge in [0.15, 0.2) is 0 Å². The van der Waals surface area contributed by atoms with Gasteiger partial charge >= 0.3 is 0 Å². The van der Waals surface area contributed by atoms with E-state index in [0.29, 0.717) is 24.2 Å². The number of likely N-dealkylation sites (tertiary alicyclic amines) is 1. The Morgan fingerprint density at radius 1 is 1.07 bits per heavy atom. The molecule has 3 aromatic rings. The van der Waals surface area contributed by atoms with Gasteiger partial charge in [0.2, 0.25) is 11.8 Å². The molecule has 4 rings (SSSR count). The lowest BCUT2D eigenvalue weighted by Gasteiger charge is -2.31. The van der Waals surface area contributed by atoms with Crippen molar-refractivity contribution in [1.82, 2.24) is 15.1 Å². The quantitative estimate of drug-likeness (QED) is 0.661. The van der Waals surface area contributed by atoms with Gasteiger partial charge in [-0.3, -0.25) is 4.90 Å². The van der Waals surface area contributed by atoms with Crippen LogP contribution < -0.4 is 0 Å². The van der Waals surface area contributed by atoms with Crippen LogP contribution in [0.3, 0.4) is 0 Å². The van der Waals surface area contributed by atoms with Gasteiger partial charge in [-0.2, -0.15) is 0 Å². The number of hydrogen-bond acceptors (Lipinski definition) is 4. The fourth-order valence-corrected chi connectivity index (χ4v) is 3.74. The third kappa shape index (κ3) is 4.61. The van der Waals surface area contributed by atoms with E-state index in [4.69, 9.17) is 4.42 Å². The van der Waals surface area contributed by atoms with Gasteiger partial charge in [0.05, 0.1) is 6.54 Å². The van der Waals surface area contributed by atoms with E-state index < -0.39 is 0 Å². The minimum Gasteiger partial charge on any atom is -0.419 e. The Hall–Kier alpha value is -2.53. The Morgan fingerprint density at radius 2 is 1.85 bits per heavy atom. The average molecular weight is 365 g/mol. The summed E-state index contributed by atoms with van der Waals surface area (Å²) >= 11 is 0. The molecule has 1 aliphatic heterocycles. The largest absolute Gasteiger partial charge is 0.419 e. The van der Waals surface area contributed by atoms with E-state index in [1.54, 1.807) is 12.1 Å². The van der Waals surface area contributed by atoms with Gasteiger partial charge in [-0.15, -0.1) is 10.2 Å². The summed E-state index contributed by atoms with van der Waals surface area (Å²) in [7, 11) is 0. The third-order valence-corrected chi connectivity index (χ3v) is 5.16. The van der Waals surface area contributed by atoms with Crippen LogP contribution in [0.2, 0.25) is 0 Å². The van der Waals surface area contributed by atoms with Crippen LogP contribution in [-0.4, -0.2) is 28.2 Å². The molecule has 0 unspecified atom stereocenters.